The molecule has 0 amide bonds. The monoisotopic (exact) mass is 266 g/mol. The molecule has 0 atom stereocenters. The van der Waals surface area contributed by atoms with E-state index in [0.29, 0.717) is 5.13 Å². The van der Waals surface area contributed by atoms with E-state index < -0.39 is 0 Å². The molecule has 0 aliphatic carbocycles. The number of carbonyl (C=O) groups excluding carboxylic acids is 1. The topological polar surface area (TPSA) is 69.9 Å². The predicted octanol–water partition coefficient (Wildman–Crippen LogP) is 1.36. The Hall–Kier alpha value is -1.76. The van der Waals surface area contributed by atoms with Crippen LogP contribution in [0.4, 0.5) is 0 Å². The van der Waals surface area contributed by atoms with Crippen LogP contribution >= 0.6 is 11.3 Å². The van der Waals surface area contributed by atoms with Gasteiger partial charge in [0.25, 0.3) is 0 Å². The van der Waals surface area contributed by atoms with Crippen LogP contribution in [-0.4, -0.2) is 33.1 Å². The molecule has 2 heterocycles. The maximum atomic E-state index is 11.4. The minimum Gasteiger partial charge on any atom is -0.469 e. The van der Waals surface area contributed by atoms with Crippen LogP contribution in [0.1, 0.15) is 22.0 Å². The lowest BCUT2D eigenvalue weighted by Gasteiger charge is -2.01. The molecule has 0 bridgehead atoms. The van der Waals surface area contributed by atoms with Crippen molar-refractivity contribution in [2.75, 3.05) is 7.11 Å². The molecule has 96 valence electrons. The standard InChI is InChI=1S/C11H14N4O2S/c1-6-9(5-10(16)17-4)7(2)15(14-6)11-13-12-8(3)18-11/h5H2,1-4H3. The van der Waals surface area contributed by atoms with Gasteiger partial charge in [-0.3, -0.25) is 4.79 Å². The molecular formula is C11H14N4O2S. The summed E-state index contributed by atoms with van der Waals surface area (Å²) < 4.78 is 6.40. The first-order valence-electron chi connectivity index (χ1n) is 5.45. The number of rotatable bonds is 3. The fraction of sp³-hybridized carbons (Fsp3) is 0.455. The van der Waals surface area contributed by atoms with Crippen LogP contribution in [0.25, 0.3) is 5.13 Å². The summed E-state index contributed by atoms with van der Waals surface area (Å²) >= 11 is 1.46. The van der Waals surface area contributed by atoms with E-state index in [1.54, 1.807) is 4.68 Å². The molecule has 2 aromatic rings. The van der Waals surface area contributed by atoms with Gasteiger partial charge >= 0.3 is 5.97 Å². The van der Waals surface area contributed by atoms with Gasteiger partial charge in [0.15, 0.2) is 0 Å². The average Bonchev–Trinajstić information content (AvgIpc) is 2.87. The molecule has 0 radical (unpaired) electrons. The molecule has 0 aliphatic heterocycles. The molecule has 0 saturated carbocycles. The average molecular weight is 266 g/mol. The second-order valence-corrected chi connectivity index (χ2v) is 5.08. The van der Waals surface area contributed by atoms with Crippen molar-refractivity contribution in [2.45, 2.75) is 27.2 Å². The number of methoxy groups -OCH3 is 1. The van der Waals surface area contributed by atoms with Gasteiger partial charge in [0, 0.05) is 11.3 Å². The summed E-state index contributed by atoms with van der Waals surface area (Å²) in [5.74, 6) is -0.269. The van der Waals surface area contributed by atoms with Crippen molar-refractivity contribution in [3.05, 3.63) is 22.0 Å². The number of nitrogens with zero attached hydrogens (tertiary/aromatic N) is 4. The molecule has 0 aromatic carbocycles. The Labute approximate surface area is 109 Å². The van der Waals surface area contributed by atoms with E-state index in [4.69, 9.17) is 0 Å². The fourth-order valence-corrected chi connectivity index (χ4v) is 2.40. The molecule has 0 unspecified atom stereocenters. The van der Waals surface area contributed by atoms with E-state index in [0.717, 1.165) is 22.0 Å². The zero-order valence-electron chi connectivity index (χ0n) is 10.7. The number of hydrogen-bond acceptors (Lipinski definition) is 6. The first-order valence-corrected chi connectivity index (χ1v) is 6.27. The molecule has 18 heavy (non-hydrogen) atoms. The molecule has 6 nitrogen and oxygen atoms in total. The highest BCUT2D eigenvalue weighted by Gasteiger charge is 2.17. The van der Waals surface area contributed by atoms with Crippen molar-refractivity contribution >= 4 is 17.3 Å². The van der Waals surface area contributed by atoms with Gasteiger partial charge in [0.2, 0.25) is 5.13 Å². The summed E-state index contributed by atoms with van der Waals surface area (Å²) in [6, 6.07) is 0. The predicted molar refractivity (Wildman–Crippen MR) is 67.0 cm³/mol. The van der Waals surface area contributed by atoms with E-state index in [9.17, 15) is 4.79 Å². The second kappa shape index (κ2) is 4.85. The summed E-state index contributed by atoms with van der Waals surface area (Å²) in [6.45, 7) is 5.67. The van der Waals surface area contributed by atoms with Gasteiger partial charge in [-0.1, -0.05) is 11.3 Å². The quantitative estimate of drug-likeness (QED) is 0.785. The molecule has 2 aromatic heterocycles. The van der Waals surface area contributed by atoms with Gasteiger partial charge in [-0.2, -0.15) is 5.10 Å². The van der Waals surface area contributed by atoms with Crippen LogP contribution in [0.5, 0.6) is 0 Å². The number of aromatic nitrogens is 4. The molecule has 2 rings (SSSR count). The number of ether oxygens (including phenoxy) is 1. The van der Waals surface area contributed by atoms with Crippen molar-refractivity contribution in [1.29, 1.82) is 0 Å². The Morgan fingerprint density at radius 2 is 2.06 bits per heavy atom. The number of esters is 1. The van der Waals surface area contributed by atoms with Crippen LogP contribution in [0.15, 0.2) is 0 Å². The van der Waals surface area contributed by atoms with Gasteiger partial charge in [-0.25, -0.2) is 4.68 Å². The van der Waals surface area contributed by atoms with Gasteiger partial charge in [-0.05, 0) is 20.8 Å². The molecule has 7 heteroatoms. The van der Waals surface area contributed by atoms with Crippen molar-refractivity contribution < 1.29 is 9.53 Å². The zero-order valence-corrected chi connectivity index (χ0v) is 11.5. The van der Waals surface area contributed by atoms with Crippen molar-refractivity contribution in [1.82, 2.24) is 20.0 Å². The fourth-order valence-electron chi connectivity index (χ4n) is 1.71. The maximum absolute atomic E-state index is 11.4. The highest BCUT2D eigenvalue weighted by atomic mass is 32.1. The third kappa shape index (κ3) is 2.26. The third-order valence-electron chi connectivity index (χ3n) is 2.69. The highest BCUT2D eigenvalue weighted by molar-refractivity contribution is 7.13. The van der Waals surface area contributed by atoms with E-state index in [1.807, 2.05) is 20.8 Å². The summed E-state index contributed by atoms with van der Waals surface area (Å²) in [5, 5.41) is 14.0. The van der Waals surface area contributed by atoms with Gasteiger partial charge < -0.3 is 4.74 Å². The first-order chi connectivity index (χ1) is 8.52. The maximum Gasteiger partial charge on any atom is 0.310 e. The molecule has 0 saturated heterocycles. The minimum atomic E-state index is -0.269. The Bertz CT molecular complexity index is 588. The van der Waals surface area contributed by atoms with Crippen LogP contribution in [-0.2, 0) is 16.0 Å². The molecule has 0 N–H and O–H groups in total. The largest absolute Gasteiger partial charge is 0.469 e. The van der Waals surface area contributed by atoms with Crippen LogP contribution in [0.2, 0.25) is 0 Å². The lowest BCUT2D eigenvalue weighted by Crippen LogP contribution is -2.06. The minimum absolute atomic E-state index is 0.228. The van der Waals surface area contributed by atoms with Crippen LogP contribution < -0.4 is 0 Å². The Kier molecular flexibility index (Phi) is 3.42. The van der Waals surface area contributed by atoms with E-state index in [1.165, 1.54) is 18.4 Å². The zero-order chi connectivity index (χ0) is 13.3. The normalized spacial score (nSPS) is 10.7. The summed E-state index contributed by atoms with van der Waals surface area (Å²) in [5.41, 5.74) is 2.59. The van der Waals surface area contributed by atoms with E-state index in [2.05, 4.69) is 20.0 Å². The SMILES string of the molecule is COC(=O)Cc1c(C)nn(-c2nnc(C)s2)c1C. The summed E-state index contributed by atoms with van der Waals surface area (Å²) in [6.07, 6.45) is 0.228. The highest BCUT2D eigenvalue weighted by Crippen LogP contribution is 2.20. The van der Waals surface area contributed by atoms with E-state index in [-0.39, 0.29) is 12.4 Å². The second-order valence-electron chi connectivity index (χ2n) is 3.92. The van der Waals surface area contributed by atoms with Gasteiger partial charge in [0.1, 0.15) is 5.01 Å². The Balaban J connectivity index is 2.40. The summed E-state index contributed by atoms with van der Waals surface area (Å²) in [4.78, 5) is 11.4. The number of hydrogen-bond donors (Lipinski definition) is 0. The summed E-state index contributed by atoms with van der Waals surface area (Å²) in [7, 11) is 1.38. The molecule has 0 spiro atoms. The lowest BCUT2D eigenvalue weighted by atomic mass is 10.1. The smallest absolute Gasteiger partial charge is 0.310 e. The van der Waals surface area contributed by atoms with E-state index >= 15 is 0 Å². The molecule has 0 aliphatic rings. The van der Waals surface area contributed by atoms with Gasteiger partial charge in [0.05, 0.1) is 19.2 Å². The molecule has 0 fully saturated rings. The van der Waals surface area contributed by atoms with Crippen LogP contribution in [0, 0.1) is 20.8 Å². The number of aryl methyl sites for hydroxylation is 2. The van der Waals surface area contributed by atoms with Crippen molar-refractivity contribution in [3.63, 3.8) is 0 Å². The van der Waals surface area contributed by atoms with Crippen molar-refractivity contribution in [3.8, 4) is 5.13 Å². The first kappa shape index (κ1) is 12.7. The third-order valence-corrected chi connectivity index (χ3v) is 3.50. The van der Waals surface area contributed by atoms with Gasteiger partial charge in [-0.15, -0.1) is 10.2 Å². The Morgan fingerprint density at radius 3 is 2.61 bits per heavy atom. The lowest BCUT2D eigenvalue weighted by molar-refractivity contribution is -0.139. The van der Waals surface area contributed by atoms with Crippen molar-refractivity contribution in [2.24, 2.45) is 0 Å². The number of carbonyl (C=O) groups is 1. The Morgan fingerprint density at radius 1 is 1.33 bits per heavy atom. The van der Waals surface area contributed by atoms with Crippen LogP contribution in [0.3, 0.4) is 0 Å². The molecular weight excluding hydrogens is 252 g/mol.